The zero-order valence-corrected chi connectivity index (χ0v) is 11.7. The molecule has 0 aliphatic rings. The average molecular weight is 235 g/mol. The van der Waals surface area contributed by atoms with Gasteiger partial charge in [0.25, 0.3) is 0 Å². The predicted molar refractivity (Wildman–Crippen MR) is 72.8 cm³/mol. The van der Waals surface area contributed by atoms with Gasteiger partial charge >= 0.3 is 0 Å². The molecule has 3 nitrogen and oxygen atoms in total. The largest absolute Gasteiger partial charge is 0.306 e. The molecule has 1 heterocycles. The van der Waals surface area contributed by atoms with Crippen LogP contribution < -0.4 is 5.32 Å². The van der Waals surface area contributed by atoms with E-state index in [2.05, 4.69) is 68.1 Å². The summed E-state index contributed by atoms with van der Waals surface area (Å²) in [5.41, 5.74) is 2.39. The Hall–Kier alpha value is -0.930. The van der Waals surface area contributed by atoms with Crippen LogP contribution in [0.3, 0.4) is 0 Å². The third-order valence-corrected chi connectivity index (χ3v) is 2.64. The molecule has 0 aliphatic carbocycles. The van der Waals surface area contributed by atoms with E-state index in [4.69, 9.17) is 0 Å². The Morgan fingerprint density at radius 3 is 2.47 bits per heavy atom. The van der Waals surface area contributed by atoms with Crippen LogP contribution >= 0.6 is 0 Å². The fourth-order valence-electron chi connectivity index (χ4n) is 1.46. The molecule has 0 radical (unpaired) electrons. The monoisotopic (exact) mass is 235 g/mol. The van der Waals surface area contributed by atoms with Gasteiger partial charge in [-0.3, -0.25) is 4.98 Å². The molecule has 0 aliphatic heterocycles. The minimum Gasteiger partial charge on any atom is -0.306 e. The summed E-state index contributed by atoms with van der Waals surface area (Å²) in [5.74, 6) is 0. The van der Waals surface area contributed by atoms with Gasteiger partial charge in [0.2, 0.25) is 0 Å². The highest BCUT2D eigenvalue weighted by molar-refractivity contribution is 5.11. The van der Waals surface area contributed by atoms with Crippen LogP contribution in [0.2, 0.25) is 0 Å². The molecule has 0 bridgehead atoms. The Labute approximate surface area is 105 Å². The van der Waals surface area contributed by atoms with E-state index in [9.17, 15) is 0 Å². The first-order chi connectivity index (χ1) is 7.90. The molecular formula is C14H25N3. The maximum absolute atomic E-state index is 4.66. The second-order valence-corrected chi connectivity index (χ2v) is 5.55. The zero-order valence-electron chi connectivity index (χ0n) is 11.7. The van der Waals surface area contributed by atoms with Gasteiger partial charge in [-0.1, -0.05) is 13.0 Å². The molecule has 1 rings (SSSR count). The van der Waals surface area contributed by atoms with Crippen molar-refractivity contribution in [1.29, 1.82) is 0 Å². The lowest BCUT2D eigenvalue weighted by molar-refractivity contribution is 0.340. The lowest BCUT2D eigenvalue weighted by Crippen LogP contribution is -2.35. The number of hydrogen-bond donors (Lipinski definition) is 1. The molecule has 3 heteroatoms. The Morgan fingerprint density at radius 1 is 1.24 bits per heavy atom. The third-order valence-electron chi connectivity index (χ3n) is 2.64. The van der Waals surface area contributed by atoms with Gasteiger partial charge < -0.3 is 10.2 Å². The molecule has 0 aromatic carbocycles. The van der Waals surface area contributed by atoms with Crippen LogP contribution in [0.25, 0.3) is 0 Å². The van der Waals surface area contributed by atoms with Crippen molar-refractivity contribution in [3.05, 3.63) is 29.6 Å². The summed E-state index contributed by atoms with van der Waals surface area (Å²) in [6.07, 6.45) is 0. The molecule has 17 heavy (non-hydrogen) atoms. The highest BCUT2D eigenvalue weighted by atomic mass is 15.1. The molecule has 1 aromatic heterocycles. The summed E-state index contributed by atoms with van der Waals surface area (Å²) in [6, 6.07) is 6.26. The number of nitrogens with one attached hydrogen (secondary N) is 1. The summed E-state index contributed by atoms with van der Waals surface area (Å²) in [4.78, 5) is 6.91. The molecule has 0 saturated carbocycles. The summed E-state index contributed by atoms with van der Waals surface area (Å²) >= 11 is 0. The molecule has 0 atom stereocenters. The van der Waals surface area contributed by atoms with Crippen molar-refractivity contribution >= 4 is 0 Å². The van der Waals surface area contributed by atoms with Gasteiger partial charge in [-0.25, -0.2) is 0 Å². The van der Waals surface area contributed by atoms with Crippen molar-refractivity contribution in [2.45, 2.75) is 46.3 Å². The van der Waals surface area contributed by atoms with E-state index in [-0.39, 0.29) is 5.54 Å². The minimum absolute atomic E-state index is 0.137. The molecule has 0 spiro atoms. The molecule has 0 unspecified atom stereocenters. The molecular weight excluding hydrogens is 210 g/mol. The first-order valence-corrected chi connectivity index (χ1v) is 6.29. The van der Waals surface area contributed by atoms with Crippen LogP contribution in [-0.4, -0.2) is 29.0 Å². The maximum Gasteiger partial charge on any atom is 0.0547 e. The summed E-state index contributed by atoms with van der Waals surface area (Å²) in [6.45, 7) is 11.5. The van der Waals surface area contributed by atoms with Gasteiger partial charge in [-0.15, -0.1) is 0 Å². The van der Waals surface area contributed by atoms with E-state index in [0.717, 1.165) is 31.0 Å². The Morgan fingerprint density at radius 2 is 1.88 bits per heavy atom. The second kappa shape index (κ2) is 6.12. The first-order valence-electron chi connectivity index (χ1n) is 6.29. The minimum atomic E-state index is 0.137. The number of pyridine rings is 1. The van der Waals surface area contributed by atoms with E-state index < -0.39 is 0 Å². The van der Waals surface area contributed by atoms with Gasteiger partial charge in [0.15, 0.2) is 0 Å². The third kappa shape index (κ3) is 5.80. The normalized spacial score (nSPS) is 12.1. The lowest BCUT2D eigenvalue weighted by atomic mass is 10.1. The quantitative estimate of drug-likeness (QED) is 0.849. The van der Waals surface area contributed by atoms with E-state index in [0.29, 0.717) is 0 Å². The molecule has 0 fully saturated rings. The lowest BCUT2D eigenvalue weighted by Gasteiger charge is -2.20. The van der Waals surface area contributed by atoms with Crippen LogP contribution in [0.1, 0.15) is 39.1 Å². The van der Waals surface area contributed by atoms with Crippen LogP contribution in [0, 0.1) is 0 Å². The number of nitrogens with zero attached hydrogens (tertiary/aromatic N) is 2. The maximum atomic E-state index is 4.66. The average Bonchev–Trinajstić information content (AvgIpc) is 2.26. The van der Waals surface area contributed by atoms with Crippen molar-refractivity contribution in [3.8, 4) is 0 Å². The topological polar surface area (TPSA) is 28.2 Å². The van der Waals surface area contributed by atoms with E-state index >= 15 is 0 Å². The van der Waals surface area contributed by atoms with Crippen LogP contribution in [-0.2, 0) is 13.1 Å². The fraction of sp³-hybridized carbons (Fsp3) is 0.643. The number of aromatic nitrogens is 1. The van der Waals surface area contributed by atoms with Crippen LogP contribution in [0.4, 0.5) is 0 Å². The van der Waals surface area contributed by atoms with Gasteiger partial charge in [0, 0.05) is 18.6 Å². The van der Waals surface area contributed by atoms with Crippen LogP contribution in [0.15, 0.2) is 18.2 Å². The first kappa shape index (κ1) is 14.1. The fourth-order valence-corrected chi connectivity index (χ4v) is 1.46. The molecule has 1 aromatic rings. The van der Waals surface area contributed by atoms with Crippen molar-refractivity contribution in [1.82, 2.24) is 15.2 Å². The molecule has 96 valence electrons. The van der Waals surface area contributed by atoms with Crippen molar-refractivity contribution in [3.63, 3.8) is 0 Å². The van der Waals surface area contributed by atoms with Crippen molar-refractivity contribution < 1.29 is 0 Å². The van der Waals surface area contributed by atoms with Crippen molar-refractivity contribution in [2.75, 3.05) is 13.6 Å². The van der Waals surface area contributed by atoms with E-state index in [1.54, 1.807) is 0 Å². The number of hydrogen-bond acceptors (Lipinski definition) is 3. The smallest absolute Gasteiger partial charge is 0.0547 e. The molecule has 1 N–H and O–H groups in total. The molecule has 0 saturated heterocycles. The summed E-state index contributed by atoms with van der Waals surface area (Å²) < 4.78 is 0. The highest BCUT2D eigenvalue weighted by Crippen LogP contribution is 2.05. The summed E-state index contributed by atoms with van der Waals surface area (Å²) in [7, 11) is 2.11. The second-order valence-electron chi connectivity index (χ2n) is 5.55. The van der Waals surface area contributed by atoms with E-state index in [1.807, 2.05) is 0 Å². The Bertz CT molecular complexity index is 342. The highest BCUT2D eigenvalue weighted by Gasteiger charge is 2.09. The van der Waals surface area contributed by atoms with Crippen molar-refractivity contribution in [2.24, 2.45) is 0 Å². The Balaban J connectivity index is 2.60. The SMILES string of the molecule is CCN(C)Cc1cccc(CNC(C)(C)C)n1. The predicted octanol–water partition coefficient (Wildman–Crippen LogP) is 2.42. The van der Waals surface area contributed by atoms with E-state index in [1.165, 1.54) is 0 Å². The number of rotatable bonds is 5. The summed E-state index contributed by atoms with van der Waals surface area (Å²) in [5, 5.41) is 3.46. The zero-order chi connectivity index (χ0) is 12.9. The van der Waals surface area contributed by atoms with Gasteiger partial charge in [0.05, 0.1) is 11.4 Å². The standard InChI is InChI=1S/C14H25N3/c1-6-17(5)11-13-9-7-8-12(16-13)10-15-14(2,3)4/h7-9,15H,6,10-11H2,1-5H3. The van der Waals surface area contributed by atoms with Crippen LogP contribution in [0.5, 0.6) is 0 Å². The molecule has 0 amide bonds. The van der Waals surface area contributed by atoms with Gasteiger partial charge in [-0.05, 0) is 46.5 Å². The Kier molecular flexibility index (Phi) is 5.09. The van der Waals surface area contributed by atoms with Gasteiger partial charge in [0.1, 0.15) is 0 Å². The van der Waals surface area contributed by atoms with Gasteiger partial charge in [-0.2, -0.15) is 0 Å².